The third kappa shape index (κ3) is 14.0. The molecular weight excluding hydrogens is 972 g/mol. The van der Waals surface area contributed by atoms with Crippen molar-refractivity contribution in [1.82, 2.24) is 40.2 Å². The van der Waals surface area contributed by atoms with Crippen molar-refractivity contribution in [2.24, 2.45) is 11.8 Å². The quantitative estimate of drug-likeness (QED) is 0.0484. The Bertz CT molecular complexity index is 2540. The summed E-state index contributed by atoms with van der Waals surface area (Å²) in [6.07, 6.45) is 13.0. The monoisotopic (exact) mass is 1030 g/mol. The minimum Gasteiger partial charge on any atom is -0.378 e. The van der Waals surface area contributed by atoms with Crippen LogP contribution < -0.4 is 30.9 Å². The number of hydrogen-bond donors (Lipinski definition) is 5. The van der Waals surface area contributed by atoms with Crippen molar-refractivity contribution in [1.29, 1.82) is 0 Å². The molecule has 2 saturated carbocycles. The number of nitrogens with zero attached hydrogens (tertiary/aromatic N) is 6. The molecule has 5 N–H and O–H groups in total. The van der Waals surface area contributed by atoms with E-state index in [4.69, 9.17) is 21.1 Å². The molecule has 1 aromatic carbocycles. The third-order valence-electron chi connectivity index (χ3n) is 12.9. The first kappa shape index (κ1) is 52.2. The summed E-state index contributed by atoms with van der Waals surface area (Å²) in [6.45, 7) is 1.72. The van der Waals surface area contributed by atoms with Crippen LogP contribution in [0.4, 0.5) is 31.0 Å². The molecule has 3 aliphatic rings. The highest BCUT2D eigenvalue weighted by atomic mass is 35.5. The van der Waals surface area contributed by atoms with Crippen LogP contribution in [0.2, 0.25) is 5.02 Å². The molecule has 378 valence electrons. The minimum absolute atomic E-state index is 0.00671. The largest absolute Gasteiger partial charge is 0.378 e. The smallest absolute Gasteiger partial charge is 0.266 e. The van der Waals surface area contributed by atoms with Crippen LogP contribution in [0.5, 0.6) is 0 Å². The summed E-state index contributed by atoms with van der Waals surface area (Å²) >= 11 is 7.16. The van der Waals surface area contributed by atoms with Crippen LogP contribution in [0, 0.1) is 23.6 Å². The average Bonchev–Trinajstić information content (AvgIpc) is 3.97. The number of halogens is 3. The highest BCUT2D eigenvalue weighted by Crippen LogP contribution is 2.37. The van der Waals surface area contributed by atoms with E-state index < -0.39 is 32.6 Å². The van der Waals surface area contributed by atoms with Gasteiger partial charge < -0.3 is 40.5 Å². The number of aromatic nitrogens is 4. The molecule has 2 aliphatic carbocycles. The second-order valence-corrected chi connectivity index (χ2v) is 20.5. The lowest BCUT2D eigenvalue weighted by Gasteiger charge is -2.29. The number of pyridine rings is 2. The summed E-state index contributed by atoms with van der Waals surface area (Å²) in [5.41, 5.74) is 1.42. The standard InChI is InChI=1S/C46H58ClF2N11O8S2/c1-59(38-24-40(49)53-26-37(38)57-36-23-35(48)39(22-34(36)47)70(65,66)58-46-54-27-55-69-46)18-16-51-44(63)28-7-9-30(10-8-28)56-41(61)6-4-19-67-31-11-13-32(14-12-31)68-20-17-52-45(64)33-21-42(62)60(2)43(33)29-5-3-15-50-25-29/h3,5,15,22-28,30-33,43,57H,4,6-14,16-21H2,1-2H3,(H,51,63)(H,52,64)(H,56,61)(H,54,55,58)/t28?,30?,31?,32?,33-,43+/m0/s1. The van der Waals surface area contributed by atoms with Crippen LogP contribution in [-0.2, 0) is 38.7 Å². The van der Waals surface area contributed by atoms with Crippen LogP contribution in [-0.4, -0.2) is 121 Å². The van der Waals surface area contributed by atoms with Crippen molar-refractivity contribution in [3.05, 3.63) is 77.6 Å². The molecule has 24 heteroatoms. The number of ether oxygens (including phenoxy) is 2. The zero-order chi connectivity index (χ0) is 49.8. The van der Waals surface area contributed by atoms with Gasteiger partial charge in [-0.25, -0.2) is 22.8 Å². The van der Waals surface area contributed by atoms with Crippen molar-refractivity contribution < 1.29 is 45.9 Å². The van der Waals surface area contributed by atoms with Crippen LogP contribution in [0.15, 0.2) is 60.1 Å². The van der Waals surface area contributed by atoms with E-state index in [1.54, 1.807) is 42.4 Å². The molecule has 7 rings (SSSR count). The number of rotatable bonds is 22. The number of likely N-dealkylation sites (N-methyl/N-ethyl adjacent to an activating group) is 1. The van der Waals surface area contributed by atoms with Gasteiger partial charge in [0.25, 0.3) is 10.0 Å². The highest BCUT2D eigenvalue weighted by molar-refractivity contribution is 7.93. The van der Waals surface area contributed by atoms with E-state index in [-0.39, 0.29) is 94.9 Å². The number of amides is 4. The summed E-state index contributed by atoms with van der Waals surface area (Å²) in [5.74, 6) is -2.97. The number of hydrogen-bond acceptors (Lipinski definition) is 15. The summed E-state index contributed by atoms with van der Waals surface area (Å²) < 4.78 is 73.1. The first-order valence-electron chi connectivity index (χ1n) is 23.3. The number of sulfonamides is 1. The fourth-order valence-corrected chi connectivity index (χ4v) is 11.1. The fourth-order valence-electron chi connectivity index (χ4n) is 9.10. The molecule has 0 spiro atoms. The van der Waals surface area contributed by atoms with Crippen LogP contribution in [0.25, 0.3) is 0 Å². The zero-order valence-electron chi connectivity index (χ0n) is 38.9. The Morgan fingerprint density at radius 1 is 0.929 bits per heavy atom. The van der Waals surface area contributed by atoms with Crippen molar-refractivity contribution in [2.45, 2.75) is 99.8 Å². The molecule has 4 heterocycles. The molecule has 0 bridgehead atoms. The molecule has 3 fully saturated rings. The van der Waals surface area contributed by atoms with Crippen molar-refractivity contribution in [2.75, 3.05) is 61.9 Å². The van der Waals surface area contributed by atoms with Gasteiger partial charge in [0, 0.05) is 101 Å². The van der Waals surface area contributed by atoms with E-state index in [0.29, 0.717) is 64.0 Å². The number of nitrogens with one attached hydrogen (secondary N) is 5. The van der Waals surface area contributed by atoms with Crippen LogP contribution in [0.1, 0.15) is 82.2 Å². The molecule has 70 heavy (non-hydrogen) atoms. The molecule has 19 nitrogen and oxygen atoms in total. The topological polar surface area (TPSA) is 239 Å². The summed E-state index contributed by atoms with van der Waals surface area (Å²) in [4.78, 5) is 65.6. The number of anilines is 4. The van der Waals surface area contributed by atoms with Gasteiger partial charge in [-0.15, -0.1) is 0 Å². The second kappa shape index (κ2) is 24.5. The second-order valence-electron chi connectivity index (χ2n) is 17.7. The number of benzene rings is 1. The molecule has 0 radical (unpaired) electrons. The van der Waals surface area contributed by atoms with Gasteiger partial charge in [0.05, 0.1) is 59.1 Å². The fraction of sp³-hybridized carbons (Fsp3) is 0.522. The maximum Gasteiger partial charge on any atom is 0.266 e. The molecule has 0 unspecified atom stereocenters. The Balaban J connectivity index is 0.738. The average molecular weight is 1030 g/mol. The predicted octanol–water partition coefficient (Wildman–Crippen LogP) is 5.49. The lowest BCUT2D eigenvalue weighted by Crippen LogP contribution is -2.42. The minimum atomic E-state index is -4.37. The Kier molecular flexibility index (Phi) is 18.3. The van der Waals surface area contributed by atoms with Gasteiger partial charge in [-0.2, -0.15) is 8.76 Å². The number of carbonyl (C=O) groups excluding carboxylic acids is 4. The zero-order valence-corrected chi connectivity index (χ0v) is 41.3. The Hall–Kier alpha value is -5.62. The van der Waals surface area contributed by atoms with Crippen molar-refractivity contribution in [3.63, 3.8) is 0 Å². The van der Waals surface area contributed by atoms with Crippen molar-refractivity contribution in [3.8, 4) is 0 Å². The molecule has 4 aromatic rings. The first-order valence-corrected chi connectivity index (χ1v) is 25.9. The molecule has 2 atom stereocenters. The molecular formula is C46H58ClF2N11O8S2. The maximum atomic E-state index is 15.2. The van der Waals surface area contributed by atoms with E-state index in [1.165, 1.54) is 12.3 Å². The SMILES string of the molecule is CN(CCNC(=O)C1CCC(NC(=O)CCCOC2CCC(OCCNC(=O)[C@H]3CC(=O)N(C)[C@@H]3c3cccnc3)CC2)CC1)c1cc(F)ncc1Nc1cc(F)c(S(=O)(=O)Nc2ncns2)cc1Cl. The van der Waals surface area contributed by atoms with Gasteiger partial charge in [-0.3, -0.25) is 28.9 Å². The van der Waals surface area contributed by atoms with E-state index in [2.05, 4.69) is 45.3 Å². The number of carbonyl (C=O) groups is 4. The normalized spacial score (nSPS) is 21.5. The van der Waals surface area contributed by atoms with Gasteiger partial charge in [-0.05, 0) is 75.5 Å². The Morgan fingerprint density at radius 3 is 2.36 bits per heavy atom. The van der Waals surface area contributed by atoms with E-state index >= 15 is 4.39 Å². The van der Waals surface area contributed by atoms with E-state index in [9.17, 15) is 32.0 Å². The Morgan fingerprint density at radius 2 is 1.66 bits per heavy atom. The van der Waals surface area contributed by atoms with Gasteiger partial charge >= 0.3 is 0 Å². The maximum absolute atomic E-state index is 15.2. The lowest BCUT2D eigenvalue weighted by atomic mass is 9.85. The van der Waals surface area contributed by atoms with E-state index in [0.717, 1.165) is 61.2 Å². The van der Waals surface area contributed by atoms with Crippen molar-refractivity contribution >= 4 is 79.0 Å². The Labute approximate surface area is 414 Å². The molecule has 1 saturated heterocycles. The predicted molar refractivity (Wildman–Crippen MR) is 258 cm³/mol. The van der Waals surface area contributed by atoms with Crippen LogP contribution in [0.3, 0.4) is 0 Å². The van der Waals surface area contributed by atoms with Crippen LogP contribution >= 0.6 is 23.1 Å². The van der Waals surface area contributed by atoms with Gasteiger partial charge in [0.1, 0.15) is 17.0 Å². The molecule has 1 aliphatic heterocycles. The third-order valence-corrected chi connectivity index (χ3v) is 15.2. The van der Waals surface area contributed by atoms with Gasteiger partial charge in [-0.1, -0.05) is 17.7 Å². The summed E-state index contributed by atoms with van der Waals surface area (Å²) in [5, 5.41) is 11.7. The highest BCUT2D eigenvalue weighted by Gasteiger charge is 2.42. The molecule has 3 aromatic heterocycles. The van der Waals surface area contributed by atoms with Gasteiger partial charge in [0.2, 0.25) is 34.7 Å². The summed E-state index contributed by atoms with van der Waals surface area (Å²) in [7, 11) is -0.978. The van der Waals surface area contributed by atoms with Gasteiger partial charge in [0.15, 0.2) is 0 Å². The first-order chi connectivity index (χ1) is 33.6. The van der Waals surface area contributed by atoms with E-state index in [1.807, 2.05) is 6.07 Å². The summed E-state index contributed by atoms with van der Waals surface area (Å²) in [6, 6.07) is 6.34. The lowest BCUT2D eigenvalue weighted by molar-refractivity contribution is -0.128. The molecule has 4 amide bonds. The number of likely N-dealkylation sites (tertiary alicyclic amines) is 1.